The summed E-state index contributed by atoms with van der Waals surface area (Å²) in [5.41, 5.74) is 1.26. The molecule has 0 heterocycles. The van der Waals surface area contributed by atoms with Gasteiger partial charge < -0.3 is 15.5 Å². The van der Waals surface area contributed by atoms with Crippen molar-refractivity contribution in [1.82, 2.24) is 5.32 Å². The van der Waals surface area contributed by atoms with Crippen LogP contribution in [0.15, 0.2) is 84.9 Å². The van der Waals surface area contributed by atoms with Crippen LogP contribution in [0.25, 0.3) is 21.5 Å². The van der Waals surface area contributed by atoms with E-state index in [4.69, 9.17) is 0 Å². The number of rotatable bonds is 6. The van der Waals surface area contributed by atoms with Crippen molar-refractivity contribution in [1.29, 1.82) is 0 Å². The fourth-order valence-electron chi connectivity index (χ4n) is 3.77. The maximum absolute atomic E-state index is 12.6. The normalized spacial score (nSPS) is 13.1. The third-order valence-electron chi connectivity index (χ3n) is 5.27. The van der Waals surface area contributed by atoms with Gasteiger partial charge in [0, 0.05) is 6.42 Å². The molecule has 5 nitrogen and oxygen atoms in total. The predicted octanol–water partition coefficient (Wildman–Crippen LogP) is 3.84. The number of aliphatic carboxylic acids is 1. The number of carboxylic acids is 1. The molecule has 4 rings (SSSR count). The van der Waals surface area contributed by atoms with Crippen molar-refractivity contribution < 1.29 is 19.8 Å². The molecule has 0 saturated heterocycles. The summed E-state index contributed by atoms with van der Waals surface area (Å²) in [5.74, 6) is -1.89. The van der Waals surface area contributed by atoms with Gasteiger partial charge in [-0.15, -0.1) is 0 Å². The molecule has 4 aromatic carbocycles. The highest BCUT2D eigenvalue weighted by Gasteiger charge is 2.26. The minimum atomic E-state index is -1.43. The van der Waals surface area contributed by atoms with Crippen LogP contribution < -0.4 is 5.32 Å². The van der Waals surface area contributed by atoms with Crippen LogP contribution in [0.2, 0.25) is 0 Å². The molecule has 2 atom stereocenters. The van der Waals surface area contributed by atoms with Gasteiger partial charge in [0.05, 0.1) is 0 Å². The Morgan fingerprint density at radius 1 is 0.800 bits per heavy atom. The number of benzene rings is 4. The first-order valence-electron chi connectivity index (χ1n) is 9.70. The zero-order valence-corrected chi connectivity index (χ0v) is 16.2. The summed E-state index contributed by atoms with van der Waals surface area (Å²) in [6.45, 7) is 0. The zero-order chi connectivity index (χ0) is 21.1. The van der Waals surface area contributed by atoms with Gasteiger partial charge in [-0.05, 0) is 38.7 Å². The second-order valence-electron chi connectivity index (χ2n) is 7.21. The Bertz CT molecular complexity index is 1170. The van der Waals surface area contributed by atoms with E-state index in [2.05, 4.69) is 11.4 Å². The third-order valence-corrected chi connectivity index (χ3v) is 5.27. The molecule has 0 bridgehead atoms. The Hall–Kier alpha value is -3.70. The van der Waals surface area contributed by atoms with Crippen LogP contribution in [0.5, 0.6) is 0 Å². The fourth-order valence-corrected chi connectivity index (χ4v) is 3.77. The van der Waals surface area contributed by atoms with E-state index in [1.165, 1.54) is 0 Å². The summed E-state index contributed by atoms with van der Waals surface area (Å²) in [4.78, 5) is 24.5. The van der Waals surface area contributed by atoms with Crippen molar-refractivity contribution in [2.24, 2.45) is 0 Å². The van der Waals surface area contributed by atoms with E-state index in [0.717, 1.165) is 27.1 Å². The van der Waals surface area contributed by atoms with Crippen LogP contribution in [-0.2, 0) is 16.0 Å². The number of hydrogen-bond acceptors (Lipinski definition) is 3. The van der Waals surface area contributed by atoms with Gasteiger partial charge in [0.2, 0.25) is 0 Å². The van der Waals surface area contributed by atoms with Gasteiger partial charge in [0.25, 0.3) is 5.91 Å². The molecule has 0 saturated carbocycles. The first kappa shape index (κ1) is 19.6. The highest BCUT2D eigenvalue weighted by atomic mass is 16.4. The minimum Gasteiger partial charge on any atom is -0.480 e. The maximum atomic E-state index is 12.6. The van der Waals surface area contributed by atoms with Gasteiger partial charge in [-0.1, -0.05) is 78.9 Å². The summed E-state index contributed by atoms with van der Waals surface area (Å²) in [6.07, 6.45) is -1.33. The molecule has 0 unspecified atom stereocenters. The Morgan fingerprint density at radius 2 is 1.33 bits per heavy atom. The van der Waals surface area contributed by atoms with Gasteiger partial charge in [-0.2, -0.15) is 0 Å². The van der Waals surface area contributed by atoms with Crippen molar-refractivity contribution in [3.8, 4) is 0 Å². The predicted molar refractivity (Wildman–Crippen MR) is 116 cm³/mol. The van der Waals surface area contributed by atoms with Crippen molar-refractivity contribution in [2.75, 3.05) is 0 Å². The van der Waals surface area contributed by atoms with Gasteiger partial charge in [-0.3, -0.25) is 4.79 Å². The summed E-state index contributed by atoms with van der Waals surface area (Å²) in [6, 6.07) is 24.9. The molecule has 3 N–H and O–H groups in total. The molecule has 4 aromatic rings. The average molecular weight is 399 g/mol. The van der Waals surface area contributed by atoms with E-state index in [1.54, 1.807) is 30.3 Å². The summed E-state index contributed by atoms with van der Waals surface area (Å²) < 4.78 is 0. The highest BCUT2D eigenvalue weighted by molar-refractivity contribution is 6.02. The third kappa shape index (κ3) is 3.88. The standard InChI is InChI=1S/C25H21NO4/c27-23(16-8-2-1-3-9-16)24(28)26-22(25(29)30)15-21-19-12-6-4-10-17(19)14-18-11-5-7-13-20(18)21/h1-14,22-23,27H,15H2,(H,26,28)(H,29,30)/t22-,23-/m0/s1. The molecular formula is C25H21NO4. The molecular weight excluding hydrogens is 378 g/mol. The molecule has 0 aromatic heterocycles. The van der Waals surface area contributed by atoms with Crippen LogP contribution in [0.4, 0.5) is 0 Å². The van der Waals surface area contributed by atoms with Gasteiger partial charge >= 0.3 is 5.97 Å². The van der Waals surface area contributed by atoms with Crippen LogP contribution >= 0.6 is 0 Å². The lowest BCUT2D eigenvalue weighted by Crippen LogP contribution is -2.44. The molecule has 0 aliphatic rings. The van der Waals surface area contributed by atoms with Crippen molar-refractivity contribution >= 4 is 33.4 Å². The first-order valence-corrected chi connectivity index (χ1v) is 9.70. The number of fused-ring (bicyclic) bond motifs is 2. The molecule has 0 radical (unpaired) electrons. The number of carbonyl (C=O) groups is 2. The number of carbonyl (C=O) groups excluding carboxylic acids is 1. The van der Waals surface area contributed by atoms with Crippen LogP contribution in [0.3, 0.4) is 0 Å². The van der Waals surface area contributed by atoms with E-state index in [-0.39, 0.29) is 6.42 Å². The highest BCUT2D eigenvalue weighted by Crippen LogP contribution is 2.29. The molecule has 5 heteroatoms. The van der Waals surface area contributed by atoms with E-state index in [0.29, 0.717) is 5.56 Å². The van der Waals surface area contributed by atoms with Crippen molar-refractivity contribution in [2.45, 2.75) is 18.6 Å². The first-order chi connectivity index (χ1) is 14.5. The SMILES string of the molecule is O=C(O)[C@H](Cc1c2ccccc2cc2ccccc12)NC(=O)[C@@H](O)c1ccccc1. The number of carboxylic acid groups (broad SMARTS) is 1. The van der Waals surface area contributed by atoms with Crippen molar-refractivity contribution in [3.63, 3.8) is 0 Å². The number of amides is 1. The quantitative estimate of drug-likeness (QED) is 0.430. The van der Waals surface area contributed by atoms with Gasteiger partial charge in [0.1, 0.15) is 6.04 Å². The summed E-state index contributed by atoms with van der Waals surface area (Å²) >= 11 is 0. The second-order valence-corrected chi connectivity index (χ2v) is 7.21. The molecule has 0 spiro atoms. The Kier molecular flexibility index (Phi) is 5.46. The fraction of sp³-hybridized carbons (Fsp3) is 0.120. The number of aliphatic hydroxyl groups excluding tert-OH is 1. The maximum Gasteiger partial charge on any atom is 0.326 e. The molecule has 0 aliphatic carbocycles. The average Bonchev–Trinajstić information content (AvgIpc) is 2.78. The van der Waals surface area contributed by atoms with E-state index in [1.807, 2.05) is 48.5 Å². The molecule has 0 fully saturated rings. The van der Waals surface area contributed by atoms with E-state index in [9.17, 15) is 19.8 Å². The summed E-state index contributed by atoms with van der Waals surface area (Å²) in [5, 5.41) is 26.5. The minimum absolute atomic E-state index is 0.102. The van der Waals surface area contributed by atoms with E-state index < -0.39 is 24.0 Å². The molecule has 30 heavy (non-hydrogen) atoms. The molecule has 0 aliphatic heterocycles. The molecule has 1 amide bonds. The lowest BCUT2D eigenvalue weighted by Gasteiger charge is -2.19. The van der Waals surface area contributed by atoms with E-state index >= 15 is 0 Å². The Morgan fingerprint density at radius 3 is 1.90 bits per heavy atom. The topological polar surface area (TPSA) is 86.6 Å². The zero-order valence-electron chi connectivity index (χ0n) is 16.2. The lowest BCUT2D eigenvalue weighted by atomic mass is 9.92. The van der Waals surface area contributed by atoms with Crippen LogP contribution in [-0.4, -0.2) is 28.1 Å². The monoisotopic (exact) mass is 399 g/mol. The number of hydrogen-bond donors (Lipinski definition) is 3. The van der Waals surface area contributed by atoms with Gasteiger partial charge in [0.15, 0.2) is 6.10 Å². The second kappa shape index (κ2) is 8.35. The largest absolute Gasteiger partial charge is 0.480 e. The van der Waals surface area contributed by atoms with Gasteiger partial charge in [-0.25, -0.2) is 4.79 Å². The van der Waals surface area contributed by atoms with Crippen LogP contribution in [0.1, 0.15) is 17.2 Å². The Balaban J connectivity index is 1.69. The lowest BCUT2D eigenvalue weighted by molar-refractivity contribution is -0.143. The smallest absolute Gasteiger partial charge is 0.326 e. The van der Waals surface area contributed by atoms with Crippen molar-refractivity contribution in [3.05, 3.63) is 96.1 Å². The molecule has 150 valence electrons. The number of aliphatic hydroxyl groups is 1. The number of nitrogens with one attached hydrogen (secondary N) is 1. The summed E-state index contributed by atoms with van der Waals surface area (Å²) in [7, 11) is 0. The Labute approximate surface area is 173 Å². The van der Waals surface area contributed by atoms with Crippen LogP contribution in [0, 0.1) is 0 Å².